The van der Waals surface area contributed by atoms with Gasteiger partial charge in [0.2, 0.25) is 0 Å². The number of aromatic carboxylic acids is 2. The molecule has 0 saturated carbocycles. The minimum atomic E-state index is -4.36. The molecule has 2 rings (SSSR count). The molecule has 0 saturated heterocycles. The van der Waals surface area contributed by atoms with Crippen LogP contribution in [-0.2, 0) is 13.6 Å². The molecule has 0 aliphatic heterocycles. The molecular formula is C36H47Cl2O10P. The van der Waals surface area contributed by atoms with Crippen molar-refractivity contribution in [2.75, 3.05) is 13.2 Å². The van der Waals surface area contributed by atoms with Gasteiger partial charge in [0, 0.05) is 0 Å². The van der Waals surface area contributed by atoms with Gasteiger partial charge in [-0.25, -0.2) is 14.2 Å². The van der Waals surface area contributed by atoms with Crippen molar-refractivity contribution in [2.45, 2.75) is 90.4 Å². The van der Waals surface area contributed by atoms with Crippen molar-refractivity contribution in [3.8, 4) is 11.5 Å². The summed E-state index contributed by atoms with van der Waals surface area (Å²) in [7, 11) is -4.36. The standard InChI is InChI=1S/C36H47Cl2O10P/c1-2-3-4-5-6-7-8-9-10-11-12-13-14-15-16-17-20-47-49(45,46)48-21-18-19-28(26-22-29(35(41)42)33(39)31(37)24-26)27-23-30(36(43)44)34(40)32(38)25-27/h6-7,9-10,19,22-25,39-40H,2-5,8,11-18,20-21H2,1H3,(H,41,42)(H,43,44)(H,45,46)/b7-6-,10-9-. The number of phosphoric ester groups is 1. The molecule has 49 heavy (non-hydrogen) atoms. The monoisotopic (exact) mass is 740 g/mol. The molecule has 0 fully saturated rings. The molecule has 0 aromatic heterocycles. The van der Waals surface area contributed by atoms with E-state index in [1.54, 1.807) is 0 Å². The molecule has 2 aromatic carbocycles. The van der Waals surface area contributed by atoms with E-state index in [-0.39, 0.29) is 46.4 Å². The molecule has 2 aromatic rings. The molecule has 13 heteroatoms. The topological polar surface area (TPSA) is 171 Å². The summed E-state index contributed by atoms with van der Waals surface area (Å²) in [5.74, 6) is -4.24. The fourth-order valence-electron chi connectivity index (χ4n) is 4.92. The summed E-state index contributed by atoms with van der Waals surface area (Å²) in [4.78, 5) is 33.5. The molecular weight excluding hydrogens is 694 g/mol. The van der Waals surface area contributed by atoms with Gasteiger partial charge in [0.25, 0.3) is 0 Å². The van der Waals surface area contributed by atoms with E-state index >= 15 is 0 Å². The number of unbranched alkanes of at least 4 members (excludes halogenated alkanes) is 9. The first-order chi connectivity index (χ1) is 23.4. The van der Waals surface area contributed by atoms with Gasteiger partial charge in [0.05, 0.1) is 23.3 Å². The highest BCUT2D eigenvalue weighted by atomic mass is 35.5. The third-order valence-electron chi connectivity index (χ3n) is 7.53. The third-order valence-corrected chi connectivity index (χ3v) is 9.12. The van der Waals surface area contributed by atoms with E-state index in [9.17, 15) is 39.5 Å². The summed E-state index contributed by atoms with van der Waals surface area (Å²) in [5.41, 5.74) is -0.471. The average Bonchev–Trinajstić information content (AvgIpc) is 3.04. The lowest BCUT2D eigenvalue weighted by molar-refractivity contribution is 0.0682. The van der Waals surface area contributed by atoms with Crippen LogP contribution < -0.4 is 0 Å². The Kier molecular flexibility index (Phi) is 19.4. The van der Waals surface area contributed by atoms with Crippen molar-refractivity contribution in [3.05, 3.63) is 86.9 Å². The molecule has 270 valence electrons. The highest BCUT2D eigenvalue weighted by Crippen LogP contribution is 2.44. The summed E-state index contributed by atoms with van der Waals surface area (Å²) in [6, 6.07) is 4.79. The zero-order valence-electron chi connectivity index (χ0n) is 27.8. The van der Waals surface area contributed by atoms with Crippen molar-refractivity contribution in [1.29, 1.82) is 0 Å². The number of carboxylic acids is 2. The second-order valence-electron chi connectivity index (χ2n) is 11.4. The molecule has 10 nitrogen and oxygen atoms in total. The number of carbonyl (C=O) groups is 2. The Labute approximate surface area is 298 Å². The maximum absolute atomic E-state index is 12.4. The normalized spacial score (nSPS) is 12.8. The number of aromatic hydroxyl groups is 2. The number of halogens is 2. The summed E-state index contributed by atoms with van der Waals surface area (Å²) >= 11 is 12.2. The molecule has 1 unspecified atom stereocenters. The van der Waals surface area contributed by atoms with Gasteiger partial charge in [0.1, 0.15) is 22.6 Å². The SMILES string of the molecule is CCCCC/C=C\C/C=C\CCCCCCCCOP(=O)(O)OCCC=C(c1cc(Cl)c(O)c(C(=O)O)c1)c1cc(Cl)c(O)c(C(=O)O)c1. The highest BCUT2D eigenvalue weighted by Gasteiger charge is 2.22. The van der Waals surface area contributed by atoms with E-state index in [4.69, 9.17) is 32.2 Å². The number of hydrogen-bond donors (Lipinski definition) is 5. The van der Waals surface area contributed by atoms with Gasteiger partial charge in [-0.1, -0.05) is 99.0 Å². The summed E-state index contributed by atoms with van der Waals surface area (Å²) in [6.07, 6.45) is 23.2. The van der Waals surface area contributed by atoms with Gasteiger partial charge in [-0.3, -0.25) is 9.05 Å². The number of allylic oxidation sites excluding steroid dienone is 4. The summed E-state index contributed by atoms with van der Waals surface area (Å²) in [5, 5.41) is 38.7. The van der Waals surface area contributed by atoms with Crippen molar-refractivity contribution < 1.29 is 48.5 Å². The zero-order chi connectivity index (χ0) is 36.2. The van der Waals surface area contributed by atoms with E-state index in [0.29, 0.717) is 6.42 Å². The lowest BCUT2D eigenvalue weighted by Crippen LogP contribution is -2.02. The van der Waals surface area contributed by atoms with Gasteiger partial charge < -0.3 is 25.3 Å². The molecule has 5 N–H and O–H groups in total. The minimum Gasteiger partial charge on any atom is -0.505 e. The van der Waals surface area contributed by atoms with Crippen LogP contribution in [0.3, 0.4) is 0 Å². The van der Waals surface area contributed by atoms with Gasteiger partial charge in [0.15, 0.2) is 0 Å². The lowest BCUT2D eigenvalue weighted by Gasteiger charge is -2.15. The Morgan fingerprint density at radius 1 is 0.694 bits per heavy atom. The molecule has 1 atom stereocenters. The number of phenols is 2. The smallest absolute Gasteiger partial charge is 0.472 e. The largest absolute Gasteiger partial charge is 0.505 e. The summed E-state index contributed by atoms with van der Waals surface area (Å²) in [6.45, 7) is 1.98. The number of carboxylic acid groups (broad SMARTS) is 2. The highest BCUT2D eigenvalue weighted by molar-refractivity contribution is 7.47. The molecule has 0 spiro atoms. The minimum absolute atomic E-state index is 0.00399. The predicted molar refractivity (Wildman–Crippen MR) is 193 cm³/mol. The van der Waals surface area contributed by atoms with Crippen LogP contribution in [0.5, 0.6) is 11.5 Å². The number of phosphoric acid groups is 1. The quantitative estimate of drug-likeness (QED) is 0.0396. The van der Waals surface area contributed by atoms with E-state index in [0.717, 1.165) is 63.5 Å². The molecule has 0 aliphatic rings. The lowest BCUT2D eigenvalue weighted by atomic mass is 9.93. The zero-order valence-corrected chi connectivity index (χ0v) is 30.2. The predicted octanol–water partition coefficient (Wildman–Crippen LogP) is 10.6. The molecule has 0 bridgehead atoms. The van der Waals surface area contributed by atoms with Crippen LogP contribution in [0.1, 0.15) is 122 Å². The Balaban J connectivity index is 1.86. The van der Waals surface area contributed by atoms with Crippen LogP contribution >= 0.6 is 31.0 Å². The Morgan fingerprint density at radius 3 is 1.67 bits per heavy atom. The first kappa shape index (κ1) is 42.1. The van der Waals surface area contributed by atoms with E-state index < -0.39 is 42.4 Å². The first-order valence-electron chi connectivity index (χ1n) is 16.5. The Bertz CT molecular complexity index is 1450. The Hall–Kier alpha value is -3.11. The van der Waals surface area contributed by atoms with Crippen LogP contribution in [0.15, 0.2) is 54.6 Å². The van der Waals surface area contributed by atoms with Gasteiger partial charge in [-0.05, 0) is 85.9 Å². The summed E-state index contributed by atoms with van der Waals surface area (Å²) < 4.78 is 22.6. The number of hydrogen-bond acceptors (Lipinski definition) is 7. The second-order valence-corrected chi connectivity index (χ2v) is 13.7. The van der Waals surface area contributed by atoms with Crippen LogP contribution in [0.2, 0.25) is 10.0 Å². The van der Waals surface area contributed by atoms with Gasteiger partial charge >= 0.3 is 19.8 Å². The van der Waals surface area contributed by atoms with Crippen LogP contribution in [0.4, 0.5) is 0 Å². The fraction of sp³-hybridized carbons (Fsp3) is 0.444. The molecule has 0 heterocycles. The molecule has 0 radical (unpaired) electrons. The second kappa shape index (κ2) is 22.6. The first-order valence-corrected chi connectivity index (χ1v) is 18.8. The molecule has 0 amide bonds. The van der Waals surface area contributed by atoms with Crippen molar-refractivity contribution >= 4 is 48.5 Å². The van der Waals surface area contributed by atoms with Crippen molar-refractivity contribution in [1.82, 2.24) is 0 Å². The maximum Gasteiger partial charge on any atom is 0.472 e. The van der Waals surface area contributed by atoms with E-state index in [1.807, 2.05) is 0 Å². The van der Waals surface area contributed by atoms with Gasteiger partial charge in [-0.2, -0.15) is 0 Å². The van der Waals surface area contributed by atoms with E-state index in [2.05, 4.69) is 31.2 Å². The average molecular weight is 742 g/mol. The maximum atomic E-state index is 12.4. The van der Waals surface area contributed by atoms with Crippen molar-refractivity contribution in [2.24, 2.45) is 0 Å². The van der Waals surface area contributed by atoms with Crippen molar-refractivity contribution in [3.63, 3.8) is 0 Å². The fourth-order valence-corrected chi connectivity index (χ4v) is 6.13. The number of rotatable bonds is 24. The van der Waals surface area contributed by atoms with Crippen LogP contribution in [-0.4, -0.2) is 50.5 Å². The van der Waals surface area contributed by atoms with Crippen LogP contribution in [0, 0.1) is 0 Å². The molecule has 0 aliphatic carbocycles. The number of benzene rings is 2. The van der Waals surface area contributed by atoms with Gasteiger partial charge in [-0.15, -0.1) is 0 Å². The Morgan fingerprint density at radius 2 is 1.16 bits per heavy atom. The van der Waals surface area contributed by atoms with Crippen LogP contribution in [0.25, 0.3) is 5.57 Å². The van der Waals surface area contributed by atoms with E-state index in [1.165, 1.54) is 37.5 Å². The third kappa shape index (κ3) is 15.5.